The monoisotopic (exact) mass is 227 g/mol. The average Bonchev–Trinajstić information content (AvgIpc) is 2.34. The van der Waals surface area contributed by atoms with Gasteiger partial charge < -0.3 is 10.4 Å². The van der Waals surface area contributed by atoms with E-state index in [1.54, 1.807) is 0 Å². The molecule has 1 saturated carbocycles. The Morgan fingerprint density at radius 2 is 2.06 bits per heavy atom. The standard InChI is InChI=1S/C13H25NO2/c1-2-12(10-15)14-13(16)9-8-11-6-4-3-5-7-11/h11-12,15H,2-10H2,1H3,(H,14,16). The summed E-state index contributed by atoms with van der Waals surface area (Å²) in [5.41, 5.74) is 0. The van der Waals surface area contributed by atoms with Gasteiger partial charge in [0.15, 0.2) is 0 Å². The van der Waals surface area contributed by atoms with Gasteiger partial charge in [-0.3, -0.25) is 4.79 Å². The Morgan fingerprint density at radius 3 is 2.62 bits per heavy atom. The first-order valence-corrected chi connectivity index (χ1v) is 6.66. The van der Waals surface area contributed by atoms with Crippen LogP contribution in [0, 0.1) is 5.92 Å². The Hall–Kier alpha value is -0.570. The van der Waals surface area contributed by atoms with Crippen LogP contribution in [0.3, 0.4) is 0 Å². The van der Waals surface area contributed by atoms with Gasteiger partial charge in [0, 0.05) is 6.42 Å². The van der Waals surface area contributed by atoms with E-state index in [-0.39, 0.29) is 18.6 Å². The highest BCUT2D eigenvalue weighted by Gasteiger charge is 2.15. The summed E-state index contributed by atoms with van der Waals surface area (Å²) >= 11 is 0. The zero-order chi connectivity index (χ0) is 11.8. The van der Waals surface area contributed by atoms with Crippen molar-refractivity contribution >= 4 is 5.91 Å². The van der Waals surface area contributed by atoms with Crippen molar-refractivity contribution < 1.29 is 9.90 Å². The molecule has 3 heteroatoms. The number of hydrogen-bond donors (Lipinski definition) is 2. The van der Waals surface area contributed by atoms with Crippen molar-refractivity contribution in [2.45, 2.75) is 64.3 Å². The summed E-state index contributed by atoms with van der Waals surface area (Å²) in [4.78, 5) is 11.6. The van der Waals surface area contributed by atoms with Crippen LogP contribution in [0.5, 0.6) is 0 Å². The van der Waals surface area contributed by atoms with Crippen LogP contribution in [0.2, 0.25) is 0 Å². The van der Waals surface area contributed by atoms with E-state index in [1.807, 2.05) is 6.92 Å². The number of carbonyl (C=O) groups excluding carboxylic acids is 1. The fraction of sp³-hybridized carbons (Fsp3) is 0.923. The molecule has 0 heterocycles. The van der Waals surface area contributed by atoms with Crippen LogP contribution in [-0.2, 0) is 4.79 Å². The number of aliphatic hydroxyl groups is 1. The van der Waals surface area contributed by atoms with Gasteiger partial charge in [-0.2, -0.15) is 0 Å². The number of rotatable bonds is 6. The molecule has 2 N–H and O–H groups in total. The Kier molecular flexibility index (Phi) is 6.46. The van der Waals surface area contributed by atoms with E-state index in [4.69, 9.17) is 5.11 Å². The minimum atomic E-state index is -0.0566. The molecule has 1 rings (SSSR count). The van der Waals surface area contributed by atoms with Crippen LogP contribution in [0.25, 0.3) is 0 Å². The molecule has 0 aromatic rings. The molecule has 1 atom stereocenters. The molecular formula is C13H25NO2. The minimum Gasteiger partial charge on any atom is -0.394 e. The molecule has 1 amide bonds. The van der Waals surface area contributed by atoms with Gasteiger partial charge in [0.05, 0.1) is 12.6 Å². The van der Waals surface area contributed by atoms with Gasteiger partial charge in [-0.15, -0.1) is 0 Å². The molecule has 0 aromatic heterocycles. The largest absolute Gasteiger partial charge is 0.394 e. The number of hydrogen-bond acceptors (Lipinski definition) is 2. The lowest BCUT2D eigenvalue weighted by atomic mass is 9.86. The van der Waals surface area contributed by atoms with Crippen LogP contribution in [0.15, 0.2) is 0 Å². The number of carbonyl (C=O) groups is 1. The van der Waals surface area contributed by atoms with Crippen LogP contribution in [0.1, 0.15) is 58.3 Å². The molecule has 1 aliphatic carbocycles. The van der Waals surface area contributed by atoms with E-state index in [9.17, 15) is 4.79 Å². The third kappa shape index (κ3) is 4.97. The van der Waals surface area contributed by atoms with E-state index >= 15 is 0 Å². The summed E-state index contributed by atoms with van der Waals surface area (Å²) in [6, 6.07) is -0.0566. The van der Waals surface area contributed by atoms with Gasteiger partial charge in [0.25, 0.3) is 0 Å². The zero-order valence-electron chi connectivity index (χ0n) is 10.4. The van der Waals surface area contributed by atoms with E-state index in [1.165, 1.54) is 32.1 Å². The first-order valence-electron chi connectivity index (χ1n) is 6.66. The fourth-order valence-electron chi connectivity index (χ4n) is 2.39. The second kappa shape index (κ2) is 7.66. The zero-order valence-corrected chi connectivity index (χ0v) is 10.4. The topological polar surface area (TPSA) is 49.3 Å². The molecule has 1 aliphatic rings. The Labute approximate surface area is 98.6 Å². The van der Waals surface area contributed by atoms with Crippen LogP contribution >= 0.6 is 0 Å². The lowest BCUT2D eigenvalue weighted by Gasteiger charge is -2.21. The van der Waals surface area contributed by atoms with Gasteiger partial charge >= 0.3 is 0 Å². The molecule has 0 aromatic carbocycles. The molecular weight excluding hydrogens is 202 g/mol. The van der Waals surface area contributed by atoms with Gasteiger partial charge in [-0.1, -0.05) is 39.0 Å². The molecule has 1 fully saturated rings. The Morgan fingerprint density at radius 1 is 1.38 bits per heavy atom. The van der Waals surface area contributed by atoms with Crippen molar-refractivity contribution in [2.24, 2.45) is 5.92 Å². The van der Waals surface area contributed by atoms with E-state index in [2.05, 4.69) is 5.32 Å². The maximum Gasteiger partial charge on any atom is 0.220 e. The highest BCUT2D eigenvalue weighted by molar-refractivity contribution is 5.76. The summed E-state index contributed by atoms with van der Waals surface area (Å²) in [5.74, 6) is 0.861. The maximum absolute atomic E-state index is 11.6. The molecule has 0 aliphatic heterocycles. The molecule has 0 saturated heterocycles. The smallest absolute Gasteiger partial charge is 0.220 e. The van der Waals surface area contributed by atoms with Gasteiger partial charge in [-0.25, -0.2) is 0 Å². The second-order valence-corrected chi connectivity index (χ2v) is 4.90. The minimum absolute atomic E-state index is 0.0473. The summed E-state index contributed by atoms with van der Waals surface area (Å²) in [6.07, 6.45) is 9.07. The third-order valence-corrected chi connectivity index (χ3v) is 3.58. The molecule has 94 valence electrons. The van der Waals surface area contributed by atoms with Crippen molar-refractivity contribution in [3.63, 3.8) is 0 Å². The van der Waals surface area contributed by atoms with E-state index in [0.29, 0.717) is 6.42 Å². The molecule has 3 nitrogen and oxygen atoms in total. The molecule has 0 spiro atoms. The maximum atomic E-state index is 11.6. The fourth-order valence-corrected chi connectivity index (χ4v) is 2.39. The predicted molar refractivity (Wildman–Crippen MR) is 65.1 cm³/mol. The number of aliphatic hydroxyl groups excluding tert-OH is 1. The van der Waals surface area contributed by atoms with Crippen molar-refractivity contribution in [3.8, 4) is 0 Å². The van der Waals surface area contributed by atoms with E-state index in [0.717, 1.165) is 18.8 Å². The van der Waals surface area contributed by atoms with Crippen LogP contribution < -0.4 is 5.32 Å². The lowest BCUT2D eigenvalue weighted by Crippen LogP contribution is -2.37. The highest BCUT2D eigenvalue weighted by Crippen LogP contribution is 2.27. The molecule has 1 unspecified atom stereocenters. The lowest BCUT2D eigenvalue weighted by molar-refractivity contribution is -0.122. The summed E-state index contributed by atoms with van der Waals surface area (Å²) in [5, 5.41) is 11.8. The summed E-state index contributed by atoms with van der Waals surface area (Å²) in [7, 11) is 0. The molecule has 0 bridgehead atoms. The summed E-state index contributed by atoms with van der Waals surface area (Å²) in [6.45, 7) is 2.02. The molecule has 16 heavy (non-hydrogen) atoms. The van der Waals surface area contributed by atoms with Gasteiger partial charge in [0.1, 0.15) is 0 Å². The number of nitrogens with one attached hydrogen (secondary N) is 1. The van der Waals surface area contributed by atoms with Crippen molar-refractivity contribution in [2.75, 3.05) is 6.61 Å². The van der Waals surface area contributed by atoms with Crippen LogP contribution in [0.4, 0.5) is 0 Å². The first kappa shape index (κ1) is 13.5. The Bertz CT molecular complexity index is 196. The first-order chi connectivity index (χ1) is 7.76. The normalized spacial score (nSPS) is 19.4. The van der Waals surface area contributed by atoms with Crippen molar-refractivity contribution in [3.05, 3.63) is 0 Å². The van der Waals surface area contributed by atoms with Crippen molar-refractivity contribution in [1.82, 2.24) is 5.32 Å². The molecule has 0 radical (unpaired) electrons. The Balaban J connectivity index is 2.13. The van der Waals surface area contributed by atoms with Gasteiger partial charge in [0.2, 0.25) is 5.91 Å². The van der Waals surface area contributed by atoms with E-state index < -0.39 is 0 Å². The van der Waals surface area contributed by atoms with Crippen LogP contribution in [-0.4, -0.2) is 23.7 Å². The SMILES string of the molecule is CCC(CO)NC(=O)CCC1CCCCC1. The number of amides is 1. The quantitative estimate of drug-likeness (QED) is 0.731. The predicted octanol–water partition coefficient (Wildman–Crippen LogP) is 2.23. The third-order valence-electron chi connectivity index (χ3n) is 3.58. The van der Waals surface area contributed by atoms with Crippen molar-refractivity contribution in [1.29, 1.82) is 0 Å². The summed E-state index contributed by atoms with van der Waals surface area (Å²) < 4.78 is 0. The second-order valence-electron chi connectivity index (χ2n) is 4.90. The average molecular weight is 227 g/mol. The highest BCUT2D eigenvalue weighted by atomic mass is 16.3. The van der Waals surface area contributed by atoms with Gasteiger partial charge in [-0.05, 0) is 18.8 Å².